The van der Waals surface area contributed by atoms with Gasteiger partial charge in [-0.05, 0) is 62.2 Å². The van der Waals surface area contributed by atoms with E-state index in [2.05, 4.69) is 17.2 Å². The molecule has 1 aliphatic carbocycles. The van der Waals surface area contributed by atoms with E-state index in [1.807, 2.05) is 24.4 Å². The number of hydrogen-bond donors (Lipinski definition) is 1. The number of aromatic nitrogens is 1. The fourth-order valence-corrected chi connectivity index (χ4v) is 3.31. The smallest absolute Gasteiger partial charge is 0.138 e. The highest BCUT2D eigenvalue weighted by Crippen LogP contribution is 2.32. The first-order chi connectivity index (χ1) is 10.8. The van der Waals surface area contributed by atoms with Gasteiger partial charge in [0.1, 0.15) is 5.75 Å². The second kappa shape index (κ2) is 7.30. The molecule has 1 fully saturated rings. The van der Waals surface area contributed by atoms with Gasteiger partial charge in [0.25, 0.3) is 0 Å². The van der Waals surface area contributed by atoms with E-state index in [1.54, 1.807) is 6.20 Å². The van der Waals surface area contributed by atoms with Crippen molar-refractivity contribution in [2.45, 2.75) is 51.2 Å². The van der Waals surface area contributed by atoms with Crippen molar-refractivity contribution < 1.29 is 4.74 Å². The lowest BCUT2D eigenvalue weighted by atomic mass is 9.93. The average molecular weight is 319 g/mol. The molecule has 0 radical (unpaired) electrons. The second-order valence-corrected chi connectivity index (χ2v) is 6.46. The van der Waals surface area contributed by atoms with Crippen LogP contribution in [0.2, 0.25) is 5.02 Å². The van der Waals surface area contributed by atoms with E-state index in [0.717, 1.165) is 35.9 Å². The van der Waals surface area contributed by atoms with Crippen LogP contribution < -0.4 is 10.1 Å². The van der Waals surface area contributed by atoms with Gasteiger partial charge < -0.3 is 10.1 Å². The number of fused-ring (bicyclic) bond motifs is 1. The molecule has 0 amide bonds. The molecule has 0 unspecified atom stereocenters. The van der Waals surface area contributed by atoms with Gasteiger partial charge in [0, 0.05) is 23.8 Å². The van der Waals surface area contributed by atoms with E-state index in [1.165, 1.54) is 19.3 Å². The molecule has 1 saturated carbocycles. The second-order valence-electron chi connectivity index (χ2n) is 6.05. The van der Waals surface area contributed by atoms with Gasteiger partial charge in [-0.2, -0.15) is 0 Å². The summed E-state index contributed by atoms with van der Waals surface area (Å²) in [6, 6.07) is 6.61. The number of hydrogen-bond acceptors (Lipinski definition) is 3. The molecule has 1 aromatic heterocycles. The van der Waals surface area contributed by atoms with Gasteiger partial charge in [-0.3, -0.25) is 4.98 Å². The molecule has 1 aliphatic rings. The van der Waals surface area contributed by atoms with Gasteiger partial charge in [0.2, 0.25) is 0 Å². The van der Waals surface area contributed by atoms with Crippen LogP contribution in [-0.4, -0.2) is 23.7 Å². The Balaban J connectivity index is 1.63. The molecule has 2 aromatic rings. The Hall–Kier alpha value is -1.32. The Morgan fingerprint density at radius 2 is 2.05 bits per heavy atom. The van der Waals surface area contributed by atoms with Crippen molar-refractivity contribution in [1.82, 2.24) is 10.3 Å². The molecule has 0 spiro atoms. The van der Waals surface area contributed by atoms with Crippen LogP contribution >= 0.6 is 11.6 Å². The lowest BCUT2D eigenvalue weighted by Crippen LogP contribution is -2.36. The van der Waals surface area contributed by atoms with Crippen molar-refractivity contribution in [1.29, 1.82) is 0 Å². The summed E-state index contributed by atoms with van der Waals surface area (Å²) in [5.41, 5.74) is 0. The van der Waals surface area contributed by atoms with Crippen molar-refractivity contribution in [3.63, 3.8) is 0 Å². The zero-order valence-corrected chi connectivity index (χ0v) is 13.8. The van der Waals surface area contributed by atoms with Gasteiger partial charge in [0.15, 0.2) is 0 Å². The van der Waals surface area contributed by atoms with Gasteiger partial charge in [-0.15, -0.1) is 0 Å². The molecular weight excluding hydrogens is 296 g/mol. The minimum atomic E-state index is 0.275. The highest BCUT2D eigenvalue weighted by molar-refractivity contribution is 6.32. The molecule has 0 bridgehead atoms. The van der Waals surface area contributed by atoms with Crippen LogP contribution in [-0.2, 0) is 0 Å². The monoisotopic (exact) mass is 318 g/mol. The Morgan fingerprint density at radius 3 is 2.82 bits per heavy atom. The van der Waals surface area contributed by atoms with Crippen molar-refractivity contribution in [3.8, 4) is 5.75 Å². The first kappa shape index (κ1) is 15.6. The summed E-state index contributed by atoms with van der Waals surface area (Å²) in [6.45, 7) is 3.32. The van der Waals surface area contributed by atoms with E-state index in [9.17, 15) is 0 Å². The van der Waals surface area contributed by atoms with Crippen LogP contribution in [0.4, 0.5) is 0 Å². The van der Waals surface area contributed by atoms with Gasteiger partial charge in [-0.1, -0.05) is 18.5 Å². The number of pyridine rings is 1. The number of rotatable bonds is 5. The SMILES string of the molecule is CCCNC1CCC(Oc2cc3ccncc3cc2Cl)CC1. The zero-order chi connectivity index (χ0) is 15.4. The van der Waals surface area contributed by atoms with Crippen molar-refractivity contribution >= 4 is 22.4 Å². The molecular formula is C18H23ClN2O. The van der Waals surface area contributed by atoms with Gasteiger partial charge in [0.05, 0.1) is 11.1 Å². The number of ether oxygens (including phenoxy) is 1. The molecule has 22 heavy (non-hydrogen) atoms. The van der Waals surface area contributed by atoms with Gasteiger partial charge >= 0.3 is 0 Å². The molecule has 1 heterocycles. The molecule has 0 aliphatic heterocycles. The van der Waals surface area contributed by atoms with Crippen LogP contribution in [0.25, 0.3) is 10.8 Å². The van der Waals surface area contributed by atoms with Crippen LogP contribution in [0.3, 0.4) is 0 Å². The average Bonchev–Trinajstić information content (AvgIpc) is 2.55. The van der Waals surface area contributed by atoms with E-state index >= 15 is 0 Å². The number of benzene rings is 1. The highest BCUT2D eigenvalue weighted by atomic mass is 35.5. The van der Waals surface area contributed by atoms with Gasteiger partial charge in [-0.25, -0.2) is 0 Å². The number of halogens is 1. The fraction of sp³-hybridized carbons (Fsp3) is 0.500. The largest absolute Gasteiger partial charge is 0.489 e. The maximum absolute atomic E-state index is 6.35. The molecule has 3 nitrogen and oxygen atoms in total. The third-order valence-electron chi connectivity index (χ3n) is 4.34. The maximum atomic E-state index is 6.35. The fourth-order valence-electron chi connectivity index (χ4n) is 3.09. The summed E-state index contributed by atoms with van der Waals surface area (Å²) < 4.78 is 6.17. The quantitative estimate of drug-likeness (QED) is 0.876. The van der Waals surface area contributed by atoms with Crippen molar-refractivity contribution in [2.24, 2.45) is 0 Å². The van der Waals surface area contributed by atoms with Crippen molar-refractivity contribution in [2.75, 3.05) is 6.54 Å². The topological polar surface area (TPSA) is 34.1 Å². The Morgan fingerprint density at radius 1 is 1.23 bits per heavy atom. The molecule has 4 heteroatoms. The summed E-state index contributed by atoms with van der Waals surface area (Å²) in [7, 11) is 0. The standard InChI is InChI=1S/C18H23ClN2O/c1-2-8-21-15-3-5-16(6-4-15)22-18-11-13-7-9-20-12-14(13)10-17(18)19/h7,9-12,15-16,21H,2-6,8H2,1H3. The maximum Gasteiger partial charge on any atom is 0.138 e. The molecule has 0 atom stereocenters. The van der Waals surface area contributed by atoms with Crippen LogP contribution in [0.1, 0.15) is 39.0 Å². The number of nitrogens with one attached hydrogen (secondary N) is 1. The Bertz CT molecular complexity index is 624. The number of nitrogens with zero attached hydrogens (tertiary/aromatic N) is 1. The summed E-state index contributed by atoms with van der Waals surface area (Å²) in [4.78, 5) is 4.13. The molecule has 3 rings (SSSR count). The minimum Gasteiger partial charge on any atom is -0.489 e. The first-order valence-electron chi connectivity index (χ1n) is 8.19. The third-order valence-corrected chi connectivity index (χ3v) is 4.64. The lowest BCUT2D eigenvalue weighted by molar-refractivity contribution is 0.140. The molecule has 1 aromatic carbocycles. The normalized spacial score (nSPS) is 21.9. The first-order valence-corrected chi connectivity index (χ1v) is 8.57. The molecule has 118 valence electrons. The summed E-state index contributed by atoms with van der Waals surface area (Å²) in [5, 5.41) is 6.44. The highest BCUT2D eigenvalue weighted by Gasteiger charge is 2.22. The third kappa shape index (κ3) is 3.71. The summed E-state index contributed by atoms with van der Waals surface area (Å²) in [5.74, 6) is 0.797. The summed E-state index contributed by atoms with van der Waals surface area (Å²) in [6.07, 6.45) is 9.63. The van der Waals surface area contributed by atoms with E-state index in [4.69, 9.17) is 16.3 Å². The predicted octanol–water partition coefficient (Wildman–Crippen LogP) is 4.58. The molecule has 1 N–H and O–H groups in total. The van der Waals surface area contributed by atoms with Crippen LogP contribution in [0.5, 0.6) is 5.75 Å². The minimum absolute atomic E-state index is 0.275. The van der Waals surface area contributed by atoms with Crippen molar-refractivity contribution in [3.05, 3.63) is 35.6 Å². The Labute approximate surface area is 137 Å². The lowest BCUT2D eigenvalue weighted by Gasteiger charge is -2.30. The summed E-state index contributed by atoms with van der Waals surface area (Å²) >= 11 is 6.35. The zero-order valence-electron chi connectivity index (χ0n) is 13.0. The van der Waals surface area contributed by atoms with E-state index in [-0.39, 0.29) is 6.10 Å². The Kier molecular flexibility index (Phi) is 5.16. The van der Waals surface area contributed by atoms with Crippen LogP contribution in [0, 0.1) is 0 Å². The molecule has 0 saturated heterocycles. The van der Waals surface area contributed by atoms with E-state index in [0.29, 0.717) is 11.1 Å². The van der Waals surface area contributed by atoms with Crippen LogP contribution in [0.15, 0.2) is 30.6 Å². The predicted molar refractivity (Wildman–Crippen MR) is 91.7 cm³/mol. The van der Waals surface area contributed by atoms with E-state index < -0.39 is 0 Å².